The summed E-state index contributed by atoms with van der Waals surface area (Å²) < 4.78 is 42.9. The topological polar surface area (TPSA) is 47.3 Å². The molecule has 1 aromatic carbocycles. The average molecular weight is 274 g/mol. The van der Waals surface area contributed by atoms with Crippen molar-refractivity contribution in [2.24, 2.45) is 11.7 Å². The first-order chi connectivity index (χ1) is 8.97. The molecule has 0 bridgehead atoms. The Balaban J connectivity index is 1.92. The number of halogens is 3. The van der Waals surface area contributed by atoms with Gasteiger partial charge in [-0.25, -0.2) is 0 Å². The summed E-state index contributed by atoms with van der Waals surface area (Å²) in [7, 11) is 0. The highest BCUT2D eigenvalue weighted by atomic mass is 19.4. The number of hydrogen-bond acceptors (Lipinski definition) is 3. The third-order valence-electron chi connectivity index (χ3n) is 3.31. The van der Waals surface area contributed by atoms with E-state index in [-0.39, 0.29) is 18.4 Å². The molecular formula is C13H17F3N2O. The van der Waals surface area contributed by atoms with Crippen LogP contribution < -0.4 is 15.8 Å². The Morgan fingerprint density at radius 1 is 1.42 bits per heavy atom. The molecule has 0 aliphatic carbocycles. The SMILES string of the molecule is NC(COc1cccc(C(F)(F)F)c1)C1CCNC1. The van der Waals surface area contributed by atoms with Crippen LogP contribution in [0, 0.1) is 5.92 Å². The van der Waals surface area contributed by atoms with Gasteiger partial charge in [-0.05, 0) is 43.6 Å². The van der Waals surface area contributed by atoms with Gasteiger partial charge in [-0.15, -0.1) is 0 Å². The molecule has 2 unspecified atom stereocenters. The van der Waals surface area contributed by atoms with Crippen LogP contribution in [-0.4, -0.2) is 25.7 Å². The van der Waals surface area contributed by atoms with E-state index < -0.39 is 11.7 Å². The van der Waals surface area contributed by atoms with E-state index in [1.54, 1.807) is 0 Å². The summed E-state index contributed by atoms with van der Waals surface area (Å²) in [6.45, 7) is 2.00. The molecule has 1 heterocycles. The molecule has 0 radical (unpaired) electrons. The number of rotatable bonds is 4. The summed E-state index contributed by atoms with van der Waals surface area (Å²) >= 11 is 0. The molecule has 1 aromatic rings. The Morgan fingerprint density at radius 3 is 2.84 bits per heavy atom. The van der Waals surface area contributed by atoms with Crippen LogP contribution in [0.3, 0.4) is 0 Å². The Morgan fingerprint density at radius 2 is 2.21 bits per heavy atom. The maximum atomic E-state index is 12.5. The fraction of sp³-hybridized carbons (Fsp3) is 0.538. The zero-order chi connectivity index (χ0) is 13.9. The summed E-state index contributed by atoms with van der Waals surface area (Å²) in [5.74, 6) is 0.530. The van der Waals surface area contributed by atoms with Crippen LogP contribution in [0.2, 0.25) is 0 Å². The smallest absolute Gasteiger partial charge is 0.416 e. The van der Waals surface area contributed by atoms with Crippen LogP contribution in [0.5, 0.6) is 5.75 Å². The minimum absolute atomic E-state index is 0.162. The Hall–Kier alpha value is -1.27. The summed E-state index contributed by atoms with van der Waals surface area (Å²) in [5.41, 5.74) is 5.26. The normalized spacial score (nSPS) is 21.4. The van der Waals surface area contributed by atoms with Gasteiger partial charge < -0.3 is 15.8 Å². The second kappa shape index (κ2) is 5.79. The highest BCUT2D eigenvalue weighted by Gasteiger charge is 2.30. The number of nitrogens with one attached hydrogen (secondary N) is 1. The van der Waals surface area contributed by atoms with E-state index >= 15 is 0 Å². The number of ether oxygens (including phenoxy) is 1. The van der Waals surface area contributed by atoms with Crippen molar-refractivity contribution in [2.75, 3.05) is 19.7 Å². The zero-order valence-corrected chi connectivity index (χ0v) is 10.4. The van der Waals surface area contributed by atoms with Crippen LogP contribution in [0.1, 0.15) is 12.0 Å². The van der Waals surface area contributed by atoms with Crippen LogP contribution in [0.15, 0.2) is 24.3 Å². The van der Waals surface area contributed by atoms with Gasteiger partial charge in [0, 0.05) is 6.04 Å². The molecule has 2 atom stereocenters. The maximum Gasteiger partial charge on any atom is 0.416 e. The van der Waals surface area contributed by atoms with Gasteiger partial charge in [0.1, 0.15) is 12.4 Å². The van der Waals surface area contributed by atoms with Gasteiger partial charge in [-0.2, -0.15) is 13.2 Å². The Labute approximate surface area is 109 Å². The number of benzene rings is 1. The molecule has 0 amide bonds. The zero-order valence-electron chi connectivity index (χ0n) is 10.4. The Kier molecular flexibility index (Phi) is 4.31. The lowest BCUT2D eigenvalue weighted by molar-refractivity contribution is -0.137. The number of alkyl halides is 3. The second-order valence-corrected chi connectivity index (χ2v) is 4.75. The van der Waals surface area contributed by atoms with Gasteiger partial charge in [-0.3, -0.25) is 0 Å². The lowest BCUT2D eigenvalue weighted by atomic mass is 10.0. The average Bonchev–Trinajstić information content (AvgIpc) is 2.89. The molecule has 1 aliphatic rings. The molecule has 3 nitrogen and oxygen atoms in total. The largest absolute Gasteiger partial charge is 0.492 e. The van der Waals surface area contributed by atoms with E-state index in [4.69, 9.17) is 10.5 Å². The maximum absolute atomic E-state index is 12.5. The quantitative estimate of drug-likeness (QED) is 0.883. The predicted molar refractivity (Wildman–Crippen MR) is 65.9 cm³/mol. The van der Waals surface area contributed by atoms with Crippen molar-refractivity contribution in [3.63, 3.8) is 0 Å². The van der Waals surface area contributed by atoms with Crippen molar-refractivity contribution < 1.29 is 17.9 Å². The van der Waals surface area contributed by atoms with Gasteiger partial charge in [0.05, 0.1) is 5.56 Å². The molecule has 0 spiro atoms. The van der Waals surface area contributed by atoms with Crippen molar-refractivity contribution >= 4 is 0 Å². The van der Waals surface area contributed by atoms with Gasteiger partial charge in [-0.1, -0.05) is 6.07 Å². The van der Waals surface area contributed by atoms with Crippen molar-refractivity contribution in [3.05, 3.63) is 29.8 Å². The number of hydrogen-bond donors (Lipinski definition) is 2. The van der Waals surface area contributed by atoms with Crippen LogP contribution >= 0.6 is 0 Å². The molecule has 1 aliphatic heterocycles. The highest BCUT2D eigenvalue weighted by Crippen LogP contribution is 2.31. The molecule has 2 rings (SSSR count). The van der Waals surface area contributed by atoms with E-state index in [1.807, 2.05) is 0 Å². The fourth-order valence-corrected chi connectivity index (χ4v) is 2.13. The second-order valence-electron chi connectivity index (χ2n) is 4.75. The van der Waals surface area contributed by atoms with Crippen molar-refractivity contribution in [2.45, 2.75) is 18.6 Å². The van der Waals surface area contributed by atoms with Gasteiger partial charge in [0.15, 0.2) is 0 Å². The van der Waals surface area contributed by atoms with Crippen molar-refractivity contribution in [1.82, 2.24) is 5.32 Å². The predicted octanol–water partition coefficient (Wildman–Crippen LogP) is 2.02. The molecule has 19 heavy (non-hydrogen) atoms. The minimum atomic E-state index is -4.35. The third kappa shape index (κ3) is 3.84. The summed E-state index contributed by atoms with van der Waals surface area (Å²) in [6.07, 6.45) is -3.37. The molecule has 1 fully saturated rings. The van der Waals surface area contributed by atoms with Gasteiger partial charge in [0.2, 0.25) is 0 Å². The van der Waals surface area contributed by atoms with Crippen LogP contribution in [0.4, 0.5) is 13.2 Å². The molecule has 106 valence electrons. The molecule has 0 saturated carbocycles. The van der Waals surface area contributed by atoms with E-state index in [0.717, 1.165) is 31.6 Å². The van der Waals surface area contributed by atoms with E-state index in [0.29, 0.717) is 5.92 Å². The first-order valence-electron chi connectivity index (χ1n) is 6.23. The van der Waals surface area contributed by atoms with Crippen molar-refractivity contribution in [1.29, 1.82) is 0 Å². The van der Waals surface area contributed by atoms with E-state index in [1.165, 1.54) is 12.1 Å². The minimum Gasteiger partial charge on any atom is -0.492 e. The summed E-state index contributed by atoms with van der Waals surface area (Å²) in [6, 6.07) is 4.70. The standard InChI is InChI=1S/C13H17F3N2O/c14-13(15,16)10-2-1-3-11(6-10)19-8-12(17)9-4-5-18-7-9/h1-3,6,9,12,18H,4-5,7-8,17H2. The molecule has 3 N–H and O–H groups in total. The molecule has 1 saturated heterocycles. The lowest BCUT2D eigenvalue weighted by Crippen LogP contribution is -2.37. The summed E-state index contributed by atoms with van der Waals surface area (Å²) in [4.78, 5) is 0. The lowest BCUT2D eigenvalue weighted by Gasteiger charge is -2.19. The summed E-state index contributed by atoms with van der Waals surface area (Å²) in [5, 5.41) is 3.20. The van der Waals surface area contributed by atoms with E-state index in [9.17, 15) is 13.2 Å². The van der Waals surface area contributed by atoms with Gasteiger partial charge in [0.25, 0.3) is 0 Å². The molecular weight excluding hydrogens is 257 g/mol. The first kappa shape index (κ1) is 14.1. The van der Waals surface area contributed by atoms with Crippen molar-refractivity contribution in [3.8, 4) is 5.75 Å². The third-order valence-corrected chi connectivity index (χ3v) is 3.31. The fourth-order valence-electron chi connectivity index (χ4n) is 2.13. The molecule has 0 aromatic heterocycles. The van der Waals surface area contributed by atoms with Crippen LogP contribution in [-0.2, 0) is 6.18 Å². The van der Waals surface area contributed by atoms with Crippen LogP contribution in [0.25, 0.3) is 0 Å². The number of nitrogens with two attached hydrogens (primary N) is 1. The first-order valence-corrected chi connectivity index (χ1v) is 6.23. The van der Waals surface area contributed by atoms with Gasteiger partial charge >= 0.3 is 6.18 Å². The Bertz CT molecular complexity index is 417. The molecule has 6 heteroatoms. The monoisotopic (exact) mass is 274 g/mol. The van der Waals surface area contributed by atoms with E-state index in [2.05, 4.69) is 5.32 Å². The highest BCUT2D eigenvalue weighted by molar-refractivity contribution is 5.30.